The zero-order valence-electron chi connectivity index (χ0n) is 12.7. The van der Waals surface area contributed by atoms with Crippen LogP contribution in [0.25, 0.3) is 10.9 Å². The first-order valence-corrected chi connectivity index (χ1v) is 6.63. The summed E-state index contributed by atoms with van der Waals surface area (Å²) < 4.78 is 0. The fourth-order valence-corrected chi connectivity index (χ4v) is 1.76. The Balaban J connectivity index is 0.000000284. The van der Waals surface area contributed by atoms with Gasteiger partial charge in [0.25, 0.3) is 0 Å². The number of para-hydroxylation sites is 1. The van der Waals surface area contributed by atoms with E-state index in [0.717, 1.165) is 10.9 Å². The number of nitrogens with zero attached hydrogens (tertiary/aromatic N) is 1. The normalized spacial score (nSPS) is 11.1. The van der Waals surface area contributed by atoms with Crippen molar-refractivity contribution in [3.8, 4) is 0 Å². The van der Waals surface area contributed by atoms with Gasteiger partial charge in [0.2, 0.25) is 0 Å². The van der Waals surface area contributed by atoms with Gasteiger partial charge in [-0.3, -0.25) is 0 Å². The molecular formula is C16H18N2O5. The predicted molar refractivity (Wildman–Crippen MR) is 85.8 cm³/mol. The van der Waals surface area contributed by atoms with E-state index in [9.17, 15) is 14.7 Å². The van der Waals surface area contributed by atoms with Gasteiger partial charge in [-0.25, -0.2) is 14.6 Å². The fourth-order valence-electron chi connectivity index (χ4n) is 1.76. The first kappa shape index (κ1) is 18.1. The minimum atomic E-state index is -1.26. The Labute approximate surface area is 132 Å². The van der Waals surface area contributed by atoms with Crippen LogP contribution in [0.2, 0.25) is 0 Å². The Morgan fingerprint density at radius 3 is 2.13 bits per heavy atom. The molecule has 0 amide bonds. The van der Waals surface area contributed by atoms with Crippen LogP contribution in [-0.2, 0) is 15.2 Å². The van der Waals surface area contributed by atoms with Crippen LogP contribution in [0.4, 0.5) is 5.69 Å². The zero-order valence-corrected chi connectivity index (χ0v) is 12.7. The summed E-state index contributed by atoms with van der Waals surface area (Å²) in [5.74, 6) is -2.51. The molecule has 2 aromatic rings. The first-order valence-electron chi connectivity index (χ1n) is 6.63. The summed E-state index contributed by atoms with van der Waals surface area (Å²) in [7, 11) is 0. The maximum Gasteiger partial charge on any atom is 0.328 e. The van der Waals surface area contributed by atoms with Gasteiger partial charge in [-0.2, -0.15) is 0 Å². The van der Waals surface area contributed by atoms with Crippen molar-refractivity contribution in [2.45, 2.75) is 19.4 Å². The van der Waals surface area contributed by atoms with E-state index in [1.165, 1.54) is 0 Å². The number of rotatable bonds is 3. The van der Waals surface area contributed by atoms with E-state index in [0.29, 0.717) is 23.5 Å². The molecule has 7 nitrogen and oxygen atoms in total. The molecule has 0 aliphatic carbocycles. The highest BCUT2D eigenvalue weighted by molar-refractivity contribution is 5.89. The van der Waals surface area contributed by atoms with Crippen LogP contribution in [0.15, 0.2) is 42.5 Å². The van der Waals surface area contributed by atoms with Crippen molar-refractivity contribution in [3.05, 3.63) is 48.2 Å². The topological polar surface area (TPSA) is 134 Å². The maximum absolute atomic E-state index is 9.89. The van der Waals surface area contributed by atoms with Crippen molar-refractivity contribution in [1.29, 1.82) is 0 Å². The number of carboxylic acids is 2. The molecule has 0 bridgehead atoms. The Bertz CT molecular complexity index is 732. The SMILES string of the molecule is CC(C)(O)c1nc2ccccc2cc1N.O=C(O)/C=C/C(=O)O. The molecule has 2 rings (SSSR count). The lowest BCUT2D eigenvalue weighted by Gasteiger charge is -2.19. The summed E-state index contributed by atoms with van der Waals surface area (Å²) >= 11 is 0. The third-order valence-electron chi connectivity index (χ3n) is 2.70. The molecule has 0 fully saturated rings. The van der Waals surface area contributed by atoms with Crippen molar-refractivity contribution < 1.29 is 24.9 Å². The van der Waals surface area contributed by atoms with Crippen LogP contribution in [0.1, 0.15) is 19.5 Å². The molecule has 122 valence electrons. The second-order valence-corrected chi connectivity index (χ2v) is 5.19. The van der Waals surface area contributed by atoms with Crippen molar-refractivity contribution in [1.82, 2.24) is 4.98 Å². The molecule has 0 aliphatic rings. The molecule has 0 saturated carbocycles. The lowest BCUT2D eigenvalue weighted by atomic mass is 10.0. The van der Waals surface area contributed by atoms with Gasteiger partial charge in [0, 0.05) is 17.5 Å². The third-order valence-corrected chi connectivity index (χ3v) is 2.70. The number of aliphatic carboxylic acids is 2. The van der Waals surface area contributed by atoms with Crippen molar-refractivity contribution in [2.75, 3.05) is 5.73 Å². The zero-order chi connectivity index (χ0) is 17.6. The highest BCUT2D eigenvalue weighted by Crippen LogP contribution is 2.26. The number of nitrogens with two attached hydrogens (primary N) is 1. The van der Waals surface area contributed by atoms with Crippen LogP contribution >= 0.6 is 0 Å². The minimum Gasteiger partial charge on any atom is -0.478 e. The highest BCUT2D eigenvalue weighted by atomic mass is 16.4. The first-order chi connectivity index (χ1) is 10.6. The second-order valence-electron chi connectivity index (χ2n) is 5.19. The number of hydrogen-bond donors (Lipinski definition) is 4. The average molecular weight is 318 g/mol. The largest absolute Gasteiger partial charge is 0.478 e. The molecule has 0 atom stereocenters. The number of fused-ring (bicyclic) bond motifs is 1. The van der Waals surface area contributed by atoms with E-state index in [4.69, 9.17) is 15.9 Å². The lowest BCUT2D eigenvalue weighted by Crippen LogP contribution is -2.19. The Morgan fingerprint density at radius 2 is 1.65 bits per heavy atom. The quantitative estimate of drug-likeness (QED) is 0.633. The molecular weight excluding hydrogens is 300 g/mol. The number of carbonyl (C=O) groups is 2. The Morgan fingerprint density at radius 1 is 1.13 bits per heavy atom. The van der Waals surface area contributed by atoms with Crippen LogP contribution in [-0.4, -0.2) is 32.2 Å². The third kappa shape index (κ3) is 5.76. The van der Waals surface area contributed by atoms with E-state index in [2.05, 4.69) is 4.98 Å². The number of nitrogen functional groups attached to an aromatic ring is 1. The average Bonchev–Trinajstić information content (AvgIpc) is 2.44. The van der Waals surface area contributed by atoms with E-state index in [-0.39, 0.29) is 0 Å². The van der Waals surface area contributed by atoms with E-state index in [1.54, 1.807) is 13.8 Å². The summed E-state index contributed by atoms with van der Waals surface area (Å²) in [5.41, 5.74) is 6.75. The monoisotopic (exact) mass is 318 g/mol. The number of benzene rings is 1. The molecule has 0 spiro atoms. The number of aromatic nitrogens is 1. The van der Waals surface area contributed by atoms with E-state index >= 15 is 0 Å². The molecule has 7 heteroatoms. The van der Waals surface area contributed by atoms with Crippen molar-refractivity contribution in [3.63, 3.8) is 0 Å². The van der Waals surface area contributed by atoms with E-state index in [1.807, 2.05) is 30.3 Å². The Hall–Kier alpha value is -2.93. The van der Waals surface area contributed by atoms with Gasteiger partial charge in [-0.15, -0.1) is 0 Å². The number of aliphatic hydroxyl groups is 1. The summed E-state index contributed by atoms with van der Waals surface area (Å²) in [6.45, 7) is 3.36. The maximum atomic E-state index is 9.89. The van der Waals surface area contributed by atoms with Gasteiger partial charge in [-0.05, 0) is 26.0 Å². The molecule has 0 aliphatic heterocycles. The molecule has 0 radical (unpaired) electrons. The number of pyridine rings is 1. The number of anilines is 1. The predicted octanol–water partition coefficient (Wildman–Crippen LogP) is 1.76. The molecule has 23 heavy (non-hydrogen) atoms. The van der Waals surface area contributed by atoms with Crippen molar-refractivity contribution in [2.24, 2.45) is 0 Å². The summed E-state index contributed by atoms with van der Waals surface area (Å²) in [4.78, 5) is 23.5. The van der Waals surface area contributed by atoms with Gasteiger partial charge < -0.3 is 21.1 Å². The van der Waals surface area contributed by atoms with Crippen molar-refractivity contribution >= 4 is 28.5 Å². The fraction of sp³-hybridized carbons (Fsp3) is 0.188. The lowest BCUT2D eigenvalue weighted by molar-refractivity contribution is -0.134. The molecule has 5 N–H and O–H groups in total. The van der Waals surface area contributed by atoms with Gasteiger partial charge in [0.15, 0.2) is 0 Å². The standard InChI is InChI=1S/C12H14N2O.C4H4O4/c1-12(2,15)11-9(13)7-8-5-3-4-6-10(8)14-11;5-3(6)1-2-4(7)8/h3-7,15H,13H2,1-2H3;1-2H,(H,5,6)(H,7,8)/b;2-1+. The smallest absolute Gasteiger partial charge is 0.328 e. The second kappa shape index (κ2) is 7.37. The van der Waals surface area contributed by atoms with Crippen LogP contribution < -0.4 is 5.73 Å². The van der Waals surface area contributed by atoms with Gasteiger partial charge in [-0.1, -0.05) is 18.2 Å². The number of carboxylic acid groups (broad SMARTS) is 2. The molecule has 0 saturated heterocycles. The number of hydrogen-bond acceptors (Lipinski definition) is 5. The summed E-state index contributed by atoms with van der Waals surface area (Å²) in [6.07, 6.45) is 1.12. The van der Waals surface area contributed by atoms with Gasteiger partial charge in [0.1, 0.15) is 5.60 Å². The van der Waals surface area contributed by atoms with Gasteiger partial charge >= 0.3 is 11.9 Å². The highest BCUT2D eigenvalue weighted by Gasteiger charge is 2.21. The molecule has 0 unspecified atom stereocenters. The molecule has 1 heterocycles. The van der Waals surface area contributed by atoms with Gasteiger partial charge in [0.05, 0.1) is 16.9 Å². The van der Waals surface area contributed by atoms with Crippen LogP contribution in [0.5, 0.6) is 0 Å². The molecule has 1 aromatic heterocycles. The molecule has 1 aromatic carbocycles. The summed E-state index contributed by atoms with van der Waals surface area (Å²) in [5, 5.41) is 26.5. The van der Waals surface area contributed by atoms with E-state index < -0.39 is 17.5 Å². The summed E-state index contributed by atoms with van der Waals surface area (Å²) in [6, 6.07) is 9.55. The Kier molecular flexibility index (Phi) is 5.81. The minimum absolute atomic E-state index is 0.529. The van der Waals surface area contributed by atoms with Crippen LogP contribution in [0, 0.1) is 0 Å². The van der Waals surface area contributed by atoms with Crippen LogP contribution in [0.3, 0.4) is 0 Å².